The van der Waals surface area contributed by atoms with Gasteiger partial charge in [0.15, 0.2) is 5.69 Å². The van der Waals surface area contributed by atoms with Crippen molar-refractivity contribution in [1.29, 1.82) is 0 Å². The number of nitrogen functional groups attached to an aromatic ring is 1. The van der Waals surface area contributed by atoms with Crippen LogP contribution in [-0.2, 0) is 0 Å². The van der Waals surface area contributed by atoms with E-state index in [2.05, 4.69) is 25.4 Å². The van der Waals surface area contributed by atoms with Crippen molar-refractivity contribution in [3.63, 3.8) is 0 Å². The molecule has 5 N–H and O–H groups in total. The molecule has 0 bridgehead atoms. The van der Waals surface area contributed by atoms with Crippen LogP contribution in [0.25, 0.3) is 33.3 Å². The second kappa shape index (κ2) is 5.68. The minimum absolute atomic E-state index is 0.0183. The molecule has 4 rings (SSSR count). The number of primary amides is 1. The van der Waals surface area contributed by atoms with Crippen LogP contribution in [0.5, 0.6) is 0 Å². The van der Waals surface area contributed by atoms with Gasteiger partial charge in [0.25, 0.3) is 5.91 Å². The average Bonchev–Trinajstić information content (AvgIpc) is 3.11. The number of nitrogens with two attached hydrogens (primary N) is 2. The van der Waals surface area contributed by atoms with Crippen molar-refractivity contribution >= 4 is 22.5 Å². The van der Waals surface area contributed by atoms with Crippen molar-refractivity contribution in [2.75, 3.05) is 5.73 Å². The summed E-state index contributed by atoms with van der Waals surface area (Å²) in [6, 6.07) is 9.25. The normalized spacial score (nSPS) is 10.9. The number of nitrogens with one attached hydrogen (secondary N) is 1. The quantitative estimate of drug-likeness (QED) is 0.523. The molecule has 0 radical (unpaired) electrons. The zero-order valence-corrected chi connectivity index (χ0v) is 13.0. The molecule has 0 aliphatic rings. The molecule has 0 saturated heterocycles. The number of fused-ring (bicyclic) bond motifs is 1. The van der Waals surface area contributed by atoms with E-state index in [0.29, 0.717) is 16.8 Å². The standard InChI is InChI=1S/C17H13N7O/c18-15-11(10-2-1-3-13-12(10)8-22-24-13)6-14(23-16(15)17(19)25)9-4-5-20-21-7-9/h1-8H,18H2,(H2,19,25)(H,22,24). The molecule has 0 aliphatic carbocycles. The number of aromatic amines is 1. The van der Waals surface area contributed by atoms with Crippen LogP contribution >= 0.6 is 0 Å². The number of carbonyl (C=O) groups excluding carboxylic acids is 1. The van der Waals surface area contributed by atoms with Gasteiger partial charge >= 0.3 is 0 Å². The Bertz CT molecular complexity index is 1090. The second-order valence-corrected chi connectivity index (χ2v) is 5.45. The predicted octanol–water partition coefficient (Wildman–Crippen LogP) is 1.76. The summed E-state index contributed by atoms with van der Waals surface area (Å²) in [7, 11) is 0. The Balaban J connectivity index is 2.03. The number of hydrogen-bond donors (Lipinski definition) is 3. The Labute approximate surface area is 141 Å². The van der Waals surface area contributed by atoms with Crippen LogP contribution in [0.1, 0.15) is 10.5 Å². The topological polar surface area (TPSA) is 136 Å². The van der Waals surface area contributed by atoms with Gasteiger partial charge in [-0.05, 0) is 23.8 Å². The predicted molar refractivity (Wildman–Crippen MR) is 93.3 cm³/mol. The fourth-order valence-corrected chi connectivity index (χ4v) is 2.76. The number of benzene rings is 1. The van der Waals surface area contributed by atoms with Crippen molar-refractivity contribution in [1.82, 2.24) is 25.4 Å². The maximum absolute atomic E-state index is 11.8. The Morgan fingerprint density at radius 1 is 1.08 bits per heavy atom. The number of H-pyrrole nitrogens is 1. The summed E-state index contributed by atoms with van der Waals surface area (Å²) in [5.74, 6) is -0.693. The first-order chi connectivity index (χ1) is 12.1. The van der Waals surface area contributed by atoms with Crippen molar-refractivity contribution in [3.05, 3.63) is 54.6 Å². The fourth-order valence-electron chi connectivity index (χ4n) is 2.76. The van der Waals surface area contributed by atoms with Crippen LogP contribution in [-0.4, -0.2) is 31.3 Å². The molecule has 8 nitrogen and oxygen atoms in total. The van der Waals surface area contributed by atoms with Crippen molar-refractivity contribution in [3.8, 4) is 22.4 Å². The van der Waals surface area contributed by atoms with E-state index in [4.69, 9.17) is 11.5 Å². The number of rotatable bonds is 3. The SMILES string of the molecule is NC(=O)c1nc(-c2ccnnc2)cc(-c2cccc3[nH]ncc23)c1N. The van der Waals surface area contributed by atoms with Crippen LogP contribution in [0.15, 0.2) is 48.9 Å². The molecular weight excluding hydrogens is 318 g/mol. The van der Waals surface area contributed by atoms with Gasteiger partial charge in [-0.15, -0.1) is 0 Å². The molecule has 3 aromatic heterocycles. The maximum atomic E-state index is 11.8. The highest BCUT2D eigenvalue weighted by Crippen LogP contribution is 2.35. The van der Waals surface area contributed by atoms with E-state index in [9.17, 15) is 4.79 Å². The van der Waals surface area contributed by atoms with Gasteiger partial charge in [-0.2, -0.15) is 15.3 Å². The van der Waals surface area contributed by atoms with Crippen LogP contribution in [0.2, 0.25) is 0 Å². The molecule has 0 atom stereocenters. The highest BCUT2D eigenvalue weighted by molar-refractivity contribution is 6.04. The third-order valence-corrected chi connectivity index (χ3v) is 3.95. The molecule has 122 valence electrons. The Morgan fingerprint density at radius 3 is 2.72 bits per heavy atom. The van der Waals surface area contributed by atoms with Gasteiger partial charge in [-0.1, -0.05) is 12.1 Å². The summed E-state index contributed by atoms with van der Waals surface area (Å²) < 4.78 is 0. The fraction of sp³-hybridized carbons (Fsp3) is 0. The molecule has 0 spiro atoms. The molecule has 1 aromatic carbocycles. The van der Waals surface area contributed by atoms with Crippen LogP contribution < -0.4 is 11.5 Å². The second-order valence-electron chi connectivity index (χ2n) is 5.45. The van der Waals surface area contributed by atoms with E-state index in [0.717, 1.165) is 16.5 Å². The Kier molecular flexibility index (Phi) is 3.35. The van der Waals surface area contributed by atoms with Crippen LogP contribution in [0.3, 0.4) is 0 Å². The molecule has 4 aromatic rings. The largest absolute Gasteiger partial charge is 0.396 e. The molecule has 0 saturated carbocycles. The summed E-state index contributed by atoms with van der Waals surface area (Å²) in [4.78, 5) is 16.1. The lowest BCUT2D eigenvalue weighted by molar-refractivity contribution is 0.0996. The third-order valence-electron chi connectivity index (χ3n) is 3.95. The molecule has 25 heavy (non-hydrogen) atoms. The minimum atomic E-state index is -0.693. The molecule has 0 aliphatic heterocycles. The van der Waals surface area contributed by atoms with Gasteiger partial charge in [-0.3, -0.25) is 9.89 Å². The number of anilines is 1. The number of nitrogens with zero attached hydrogens (tertiary/aromatic N) is 4. The highest BCUT2D eigenvalue weighted by atomic mass is 16.1. The lowest BCUT2D eigenvalue weighted by Gasteiger charge is -2.12. The van der Waals surface area contributed by atoms with E-state index in [1.165, 1.54) is 0 Å². The number of pyridine rings is 1. The van der Waals surface area contributed by atoms with Crippen molar-refractivity contribution in [2.45, 2.75) is 0 Å². The van der Waals surface area contributed by atoms with E-state index < -0.39 is 5.91 Å². The lowest BCUT2D eigenvalue weighted by atomic mass is 9.98. The van der Waals surface area contributed by atoms with Gasteiger partial charge in [-0.25, -0.2) is 4.98 Å². The van der Waals surface area contributed by atoms with E-state index in [-0.39, 0.29) is 11.4 Å². The highest BCUT2D eigenvalue weighted by Gasteiger charge is 2.18. The summed E-state index contributed by atoms with van der Waals surface area (Å²) in [5, 5.41) is 15.5. The van der Waals surface area contributed by atoms with Crippen LogP contribution in [0, 0.1) is 0 Å². The Morgan fingerprint density at radius 2 is 1.96 bits per heavy atom. The van der Waals surface area contributed by atoms with Gasteiger partial charge in [0.2, 0.25) is 0 Å². The minimum Gasteiger partial charge on any atom is -0.396 e. The van der Waals surface area contributed by atoms with Gasteiger partial charge in [0.05, 0.1) is 35.5 Å². The summed E-state index contributed by atoms with van der Waals surface area (Å²) in [6.07, 6.45) is 4.82. The average molecular weight is 331 g/mol. The van der Waals surface area contributed by atoms with Crippen LogP contribution in [0.4, 0.5) is 5.69 Å². The lowest BCUT2D eigenvalue weighted by Crippen LogP contribution is -2.16. The molecular formula is C17H13N7O. The van der Waals surface area contributed by atoms with Crippen molar-refractivity contribution in [2.24, 2.45) is 5.73 Å². The van der Waals surface area contributed by atoms with Gasteiger partial charge < -0.3 is 11.5 Å². The first kappa shape index (κ1) is 14.8. The number of hydrogen-bond acceptors (Lipinski definition) is 6. The maximum Gasteiger partial charge on any atom is 0.269 e. The first-order valence-electron chi connectivity index (χ1n) is 7.45. The molecule has 0 unspecified atom stereocenters. The summed E-state index contributed by atoms with van der Waals surface area (Å²) in [5.41, 5.74) is 15.5. The first-order valence-corrected chi connectivity index (χ1v) is 7.45. The Hall–Kier alpha value is -3.81. The van der Waals surface area contributed by atoms with E-state index in [1.807, 2.05) is 18.2 Å². The number of aromatic nitrogens is 5. The molecule has 3 heterocycles. The van der Waals surface area contributed by atoms with Gasteiger partial charge in [0, 0.05) is 16.5 Å². The monoisotopic (exact) mass is 331 g/mol. The summed E-state index contributed by atoms with van der Waals surface area (Å²) in [6.45, 7) is 0. The number of amides is 1. The molecule has 8 heteroatoms. The van der Waals surface area contributed by atoms with E-state index in [1.54, 1.807) is 30.7 Å². The van der Waals surface area contributed by atoms with Gasteiger partial charge in [0.1, 0.15) is 0 Å². The van der Waals surface area contributed by atoms with E-state index >= 15 is 0 Å². The van der Waals surface area contributed by atoms with Crippen molar-refractivity contribution < 1.29 is 4.79 Å². The smallest absolute Gasteiger partial charge is 0.269 e. The third kappa shape index (κ3) is 2.45. The summed E-state index contributed by atoms with van der Waals surface area (Å²) >= 11 is 0. The number of carbonyl (C=O) groups is 1. The zero-order valence-electron chi connectivity index (χ0n) is 13.0. The zero-order chi connectivity index (χ0) is 17.4. The molecule has 0 fully saturated rings. The molecule has 1 amide bonds.